The second-order valence-corrected chi connectivity index (χ2v) is 17.9. The van der Waals surface area contributed by atoms with E-state index in [2.05, 4.69) is 202 Å². The van der Waals surface area contributed by atoms with E-state index in [0.717, 1.165) is 146 Å². The Hall–Kier alpha value is -6.63. The number of aromatic nitrogens is 4. The number of hydrogen-bond donors (Lipinski definition) is 0. The number of aliphatic imine (C=N–C) groups is 4. The summed E-state index contributed by atoms with van der Waals surface area (Å²) < 4.78 is 5.79. The number of hydrogen-bond acceptors (Lipinski definition) is 5. The summed E-state index contributed by atoms with van der Waals surface area (Å²) in [6.45, 7) is 4.07. The fourth-order valence-corrected chi connectivity index (χ4v) is 8.81. The summed E-state index contributed by atoms with van der Waals surface area (Å²) in [4.78, 5) is 17.6. The predicted octanol–water partition coefficient (Wildman–Crippen LogP) is 11.7. The van der Waals surface area contributed by atoms with Crippen LogP contribution in [0.1, 0.15) is 92.7 Å². The Morgan fingerprint density at radius 3 is 1.13 bits per heavy atom. The molecule has 8 nitrogen and oxygen atoms in total. The van der Waals surface area contributed by atoms with Crippen molar-refractivity contribution >= 4 is 22.8 Å². The smallest absolute Gasteiger partial charge is 0.348 e. The maximum Gasteiger partial charge on any atom is 2.00 e. The van der Waals surface area contributed by atoms with Gasteiger partial charge in [-0.15, -0.1) is 148 Å². The molecule has 0 spiro atoms. The maximum absolute atomic E-state index is 4.55. The average molecular weight is 1250 g/mol. The third-order valence-electron chi connectivity index (χ3n) is 12.3. The van der Waals surface area contributed by atoms with Gasteiger partial charge in [-0.3, -0.25) is 4.68 Å². The third-order valence-corrected chi connectivity index (χ3v) is 12.3. The second-order valence-electron chi connectivity index (χ2n) is 17.9. The minimum absolute atomic E-state index is 0. The van der Waals surface area contributed by atoms with Crippen LogP contribution < -0.4 is 4.57 Å². The summed E-state index contributed by atoms with van der Waals surface area (Å²) in [7, 11) is 1.96. The molecule has 12 rings (SSSR count). The first kappa shape index (κ1) is 56.1. The zero-order valence-electron chi connectivity index (χ0n) is 41.7. The summed E-state index contributed by atoms with van der Waals surface area (Å²) >= 11 is 0. The molecule has 75 heavy (non-hydrogen) atoms. The molecule has 0 N–H and O–H groups in total. The van der Waals surface area contributed by atoms with Crippen molar-refractivity contribution < 1.29 is 65.8 Å². The summed E-state index contributed by atoms with van der Waals surface area (Å²) in [5.74, 6) is 0. The van der Waals surface area contributed by atoms with E-state index in [1.165, 1.54) is 0 Å². The maximum atomic E-state index is 4.55. The largest absolute Gasteiger partial charge is 2.00 e. The molecule has 4 aliphatic rings. The average Bonchev–Trinajstić information content (AvgIpc) is 4.27. The predicted molar refractivity (Wildman–Crippen MR) is 287 cm³/mol. The SMILES string of the molecule is C[n+]1[c-]n(-c2[c-]c(Cc3[c-]c(C4=NC=CC4)ccc3)ccc2)cc1.Cc1cc(C)n(-c2[c-]c(Cc3[c-]c(C4=NC=CC4)ccc3)ccc2)n1.[Pd+2].[Pd+2].[Pd].[c-]1c(Cc2[c-]c(C3=NC=CC3)ccc2)cccc1C1=NC=CC1. The van der Waals surface area contributed by atoms with Gasteiger partial charge in [-0.1, -0.05) is 30.0 Å². The number of allylic oxidation sites excluding steroid dienone is 4. The molecule has 0 radical (unpaired) electrons. The van der Waals surface area contributed by atoms with Crippen molar-refractivity contribution in [3.8, 4) is 11.4 Å². The van der Waals surface area contributed by atoms with E-state index >= 15 is 0 Å². The van der Waals surface area contributed by atoms with Gasteiger partial charge in [0, 0.05) is 63.3 Å². The van der Waals surface area contributed by atoms with Crippen LogP contribution in [-0.2, 0) is 87.6 Å². The van der Waals surface area contributed by atoms with E-state index in [9.17, 15) is 0 Å². The molecule has 8 aromatic rings. The molecule has 4 aliphatic heterocycles. The zero-order chi connectivity index (χ0) is 49.1. The molecule has 0 aliphatic carbocycles. The summed E-state index contributed by atoms with van der Waals surface area (Å²) in [6.07, 6.45) is 28.9. The molecule has 0 fully saturated rings. The molecule has 0 saturated carbocycles. The van der Waals surface area contributed by atoms with Crippen LogP contribution in [0.2, 0.25) is 0 Å². The summed E-state index contributed by atoms with van der Waals surface area (Å²) in [6, 6.07) is 60.5. The molecule has 2 aromatic heterocycles. The minimum atomic E-state index is 0. The van der Waals surface area contributed by atoms with Crippen LogP contribution in [0, 0.1) is 56.6 Å². The number of imidazole rings is 1. The first-order chi connectivity index (χ1) is 35.3. The molecule has 0 bridgehead atoms. The van der Waals surface area contributed by atoms with Gasteiger partial charge in [-0.25, -0.2) is 0 Å². The van der Waals surface area contributed by atoms with Gasteiger partial charge in [-0.05, 0) is 93.4 Å². The fraction of sp³-hybridized carbons (Fsp3) is 0.156. The molecule has 0 amide bonds. The van der Waals surface area contributed by atoms with Gasteiger partial charge >= 0.3 is 40.8 Å². The van der Waals surface area contributed by atoms with Crippen LogP contribution in [0.25, 0.3) is 11.4 Å². The van der Waals surface area contributed by atoms with E-state index in [-0.39, 0.29) is 61.3 Å². The first-order valence-corrected chi connectivity index (χ1v) is 24.3. The van der Waals surface area contributed by atoms with Crippen LogP contribution >= 0.6 is 0 Å². The minimum Gasteiger partial charge on any atom is -0.348 e. The van der Waals surface area contributed by atoms with Crippen molar-refractivity contribution in [3.05, 3.63) is 287 Å². The van der Waals surface area contributed by atoms with Crippen LogP contribution in [-0.4, -0.2) is 37.2 Å². The third kappa shape index (κ3) is 15.0. The molecule has 6 heterocycles. The molecule has 0 atom stereocenters. The first-order valence-electron chi connectivity index (χ1n) is 24.3. The second kappa shape index (κ2) is 27.2. The van der Waals surface area contributed by atoms with Crippen molar-refractivity contribution in [2.75, 3.05) is 0 Å². The number of benzene rings is 6. The Morgan fingerprint density at radius 2 is 0.813 bits per heavy atom. The molecule has 0 unspecified atom stereocenters. The van der Waals surface area contributed by atoms with E-state index < -0.39 is 0 Å². The zero-order valence-corrected chi connectivity index (χ0v) is 46.4. The van der Waals surface area contributed by atoms with Crippen molar-refractivity contribution in [2.45, 2.75) is 58.8 Å². The van der Waals surface area contributed by atoms with Crippen LogP contribution in [0.15, 0.2) is 197 Å². The number of nitrogens with zero attached hydrogens (tertiary/aromatic N) is 8. The van der Waals surface area contributed by atoms with Crippen molar-refractivity contribution in [1.29, 1.82) is 0 Å². The molecule has 11 heteroatoms. The Bertz CT molecular complexity index is 3440. The standard InChI is InChI=1S/C22H19N3.C21H17N3.C21H16N2.3Pd/c1-16-12-17(2)25(24-16)21-9-4-7-19(15-21)13-18-6-3-8-20(14-18)22-10-5-11-23-22;1-23-11-12-24(16-23)20-8-3-6-18(15-20)13-17-5-2-7-19(14-17)21-9-4-10-22-21;1-5-16(14-18(7-1)20-9-3-11-22-20)13-17-6-2-8-19(15-17)21-10-4-12-23-21;;;/h3-9,11-12H,10,13H2,1-2H3;2-8,10-12H,9,13H2,1H3;1-8,11-12H,9-10,13H2;;;/q3*-2;;2*+2. The number of rotatable bonds is 12. The molecule has 6 aromatic carbocycles. The quantitative estimate of drug-likeness (QED) is 0.0682. The summed E-state index contributed by atoms with van der Waals surface area (Å²) in [5, 5.41) is 4.55. The monoisotopic (exact) mass is 1250 g/mol. The van der Waals surface area contributed by atoms with Gasteiger partial charge in [-0.2, -0.15) is 58.7 Å². The van der Waals surface area contributed by atoms with E-state index in [0.29, 0.717) is 0 Å². The van der Waals surface area contributed by atoms with Crippen molar-refractivity contribution in [1.82, 2.24) is 14.3 Å². The van der Waals surface area contributed by atoms with Gasteiger partial charge < -0.3 is 29.1 Å². The normalized spacial score (nSPS) is 13.5. The Morgan fingerprint density at radius 1 is 0.467 bits per heavy atom. The van der Waals surface area contributed by atoms with E-state index in [1.807, 2.05) is 77.1 Å². The fourth-order valence-electron chi connectivity index (χ4n) is 8.81. The Balaban J connectivity index is 0.000000161. The molecular formula is C64H52N8Pd3-2. The molecule has 380 valence electrons. The van der Waals surface area contributed by atoms with Gasteiger partial charge in [0.05, 0.1) is 12.7 Å². The van der Waals surface area contributed by atoms with Gasteiger partial charge in [0.15, 0.2) is 0 Å². The number of aryl methyl sites for hydroxylation is 3. The van der Waals surface area contributed by atoms with Gasteiger partial charge in [0.1, 0.15) is 0 Å². The van der Waals surface area contributed by atoms with Crippen LogP contribution in [0.3, 0.4) is 0 Å². The van der Waals surface area contributed by atoms with Crippen LogP contribution in [0.4, 0.5) is 0 Å². The topological polar surface area (TPSA) is 76.1 Å². The van der Waals surface area contributed by atoms with Crippen LogP contribution in [0.5, 0.6) is 0 Å². The van der Waals surface area contributed by atoms with Gasteiger partial charge in [0.25, 0.3) is 0 Å². The van der Waals surface area contributed by atoms with Crippen molar-refractivity contribution in [3.63, 3.8) is 0 Å². The molecule has 0 saturated heterocycles. The Labute approximate surface area is 482 Å². The van der Waals surface area contributed by atoms with E-state index in [4.69, 9.17) is 0 Å². The van der Waals surface area contributed by atoms with E-state index in [1.54, 1.807) is 0 Å². The Kier molecular flexibility index (Phi) is 20.4. The summed E-state index contributed by atoms with van der Waals surface area (Å²) in [5.41, 5.74) is 19.7. The molecular weight excluding hydrogens is 1200 g/mol. The van der Waals surface area contributed by atoms with Crippen molar-refractivity contribution in [2.24, 2.45) is 27.0 Å². The van der Waals surface area contributed by atoms with Gasteiger partial charge in [0.2, 0.25) is 6.33 Å².